The maximum Gasteiger partial charge on any atom is 0.252 e. The van der Waals surface area contributed by atoms with Gasteiger partial charge >= 0.3 is 0 Å². The van der Waals surface area contributed by atoms with E-state index in [1.165, 1.54) is 38.8 Å². The van der Waals surface area contributed by atoms with Crippen molar-refractivity contribution in [3.63, 3.8) is 0 Å². The fourth-order valence-corrected chi connectivity index (χ4v) is 3.67. The number of carbonyl (C=O) groups is 1. The van der Waals surface area contributed by atoms with Crippen LogP contribution in [0, 0.1) is 13.8 Å². The number of amides is 1. The van der Waals surface area contributed by atoms with Crippen molar-refractivity contribution < 1.29 is 4.79 Å². The highest BCUT2D eigenvalue weighted by Gasteiger charge is 2.13. The molecule has 0 saturated carbocycles. The number of hydrogen-bond acceptors (Lipinski definition) is 3. The van der Waals surface area contributed by atoms with Crippen LogP contribution in [0.25, 0.3) is 10.9 Å². The fourth-order valence-electron chi connectivity index (χ4n) is 3.67. The molecule has 4 heteroatoms. The van der Waals surface area contributed by atoms with Gasteiger partial charge in [-0.3, -0.25) is 9.78 Å². The summed E-state index contributed by atoms with van der Waals surface area (Å²) in [6.07, 6.45) is 6.36. The van der Waals surface area contributed by atoms with Crippen LogP contribution < -0.4 is 5.32 Å². The molecule has 1 aliphatic rings. The number of aryl methyl sites for hydroxylation is 2. The van der Waals surface area contributed by atoms with Crippen LogP contribution in [0.3, 0.4) is 0 Å². The van der Waals surface area contributed by atoms with Gasteiger partial charge < -0.3 is 10.2 Å². The molecule has 0 radical (unpaired) electrons. The second kappa shape index (κ2) is 8.43. The first-order valence-corrected chi connectivity index (χ1v) is 9.52. The van der Waals surface area contributed by atoms with Gasteiger partial charge in [-0.1, -0.05) is 31.0 Å². The highest BCUT2D eigenvalue weighted by atomic mass is 16.1. The van der Waals surface area contributed by atoms with E-state index in [1.807, 2.05) is 38.1 Å². The number of para-hydroxylation sites is 1. The van der Waals surface area contributed by atoms with E-state index >= 15 is 0 Å². The number of pyridine rings is 1. The Kier molecular flexibility index (Phi) is 6.03. The lowest BCUT2D eigenvalue weighted by molar-refractivity contribution is 0.0953. The van der Waals surface area contributed by atoms with Gasteiger partial charge in [0, 0.05) is 17.6 Å². The Labute approximate surface area is 150 Å². The average molecular weight is 339 g/mol. The molecule has 1 aliphatic heterocycles. The molecule has 25 heavy (non-hydrogen) atoms. The van der Waals surface area contributed by atoms with Crippen LogP contribution in [0.2, 0.25) is 0 Å². The minimum Gasteiger partial charge on any atom is -0.352 e. The molecule has 0 atom stereocenters. The Bertz CT molecular complexity index is 733. The summed E-state index contributed by atoms with van der Waals surface area (Å²) in [5.41, 5.74) is 3.66. The van der Waals surface area contributed by atoms with E-state index < -0.39 is 0 Å². The summed E-state index contributed by atoms with van der Waals surface area (Å²) < 4.78 is 0. The smallest absolute Gasteiger partial charge is 0.252 e. The van der Waals surface area contributed by atoms with Gasteiger partial charge in [0.1, 0.15) is 0 Å². The zero-order valence-electron chi connectivity index (χ0n) is 15.5. The number of aromatic nitrogens is 1. The summed E-state index contributed by atoms with van der Waals surface area (Å²) in [5, 5.41) is 4.04. The fraction of sp³-hybridized carbons (Fsp3) is 0.524. The van der Waals surface area contributed by atoms with Gasteiger partial charge in [-0.25, -0.2) is 0 Å². The van der Waals surface area contributed by atoms with Gasteiger partial charge in [-0.05, 0) is 64.4 Å². The van der Waals surface area contributed by atoms with Crippen LogP contribution in [-0.2, 0) is 0 Å². The van der Waals surface area contributed by atoms with Crippen molar-refractivity contribution in [2.24, 2.45) is 0 Å². The molecule has 134 valence electrons. The SMILES string of the molecule is Cc1cc(C(=O)NCCCN2CCCCCC2)c2cccc(C)c2n1. The molecular formula is C21H29N3O. The third-order valence-corrected chi connectivity index (χ3v) is 5.05. The Morgan fingerprint density at radius 3 is 2.68 bits per heavy atom. The maximum atomic E-state index is 12.7. The Morgan fingerprint density at radius 1 is 1.16 bits per heavy atom. The first kappa shape index (κ1) is 17.9. The standard InChI is InChI=1S/C21H29N3O/c1-16-9-7-10-18-19(15-17(2)23-20(16)18)21(25)22-11-8-14-24-12-5-3-4-6-13-24/h7,9-10,15H,3-6,8,11-14H2,1-2H3,(H,22,25). The van der Waals surface area contributed by atoms with E-state index in [9.17, 15) is 4.79 Å². The minimum absolute atomic E-state index is 0.0111. The molecule has 1 aromatic heterocycles. The lowest BCUT2D eigenvalue weighted by Gasteiger charge is -2.19. The lowest BCUT2D eigenvalue weighted by atomic mass is 10.0. The second-order valence-corrected chi connectivity index (χ2v) is 7.15. The van der Waals surface area contributed by atoms with Crippen molar-refractivity contribution in [2.75, 3.05) is 26.2 Å². The zero-order chi connectivity index (χ0) is 17.6. The Morgan fingerprint density at radius 2 is 1.92 bits per heavy atom. The summed E-state index contributed by atoms with van der Waals surface area (Å²) in [7, 11) is 0. The predicted octanol–water partition coefficient (Wildman–Crippen LogP) is 3.85. The monoisotopic (exact) mass is 339 g/mol. The van der Waals surface area contributed by atoms with Crippen LogP contribution in [0.4, 0.5) is 0 Å². The number of fused-ring (bicyclic) bond motifs is 1. The number of rotatable bonds is 5. The molecule has 0 spiro atoms. The van der Waals surface area contributed by atoms with Crippen molar-refractivity contribution in [1.82, 2.24) is 15.2 Å². The number of nitrogens with zero attached hydrogens (tertiary/aromatic N) is 2. The van der Waals surface area contributed by atoms with E-state index in [2.05, 4.69) is 15.2 Å². The van der Waals surface area contributed by atoms with Crippen molar-refractivity contribution in [2.45, 2.75) is 46.0 Å². The molecule has 0 bridgehead atoms. The largest absolute Gasteiger partial charge is 0.352 e. The number of hydrogen-bond donors (Lipinski definition) is 1. The van der Waals surface area contributed by atoms with Gasteiger partial charge in [-0.15, -0.1) is 0 Å². The summed E-state index contributed by atoms with van der Waals surface area (Å²) >= 11 is 0. The second-order valence-electron chi connectivity index (χ2n) is 7.15. The maximum absolute atomic E-state index is 12.7. The zero-order valence-corrected chi connectivity index (χ0v) is 15.5. The topological polar surface area (TPSA) is 45.2 Å². The predicted molar refractivity (Wildman–Crippen MR) is 103 cm³/mol. The van der Waals surface area contributed by atoms with Crippen molar-refractivity contribution in [3.8, 4) is 0 Å². The van der Waals surface area contributed by atoms with Crippen LogP contribution in [0.1, 0.15) is 53.7 Å². The normalized spacial score (nSPS) is 15.9. The molecule has 3 rings (SSSR count). The molecule has 2 aromatic rings. The molecule has 1 N–H and O–H groups in total. The highest BCUT2D eigenvalue weighted by Crippen LogP contribution is 2.21. The molecule has 4 nitrogen and oxygen atoms in total. The Hall–Kier alpha value is -1.94. The minimum atomic E-state index is 0.0111. The van der Waals surface area contributed by atoms with Gasteiger partial charge in [0.25, 0.3) is 5.91 Å². The molecule has 1 fully saturated rings. The van der Waals surface area contributed by atoms with Crippen molar-refractivity contribution >= 4 is 16.8 Å². The number of nitrogens with one attached hydrogen (secondary N) is 1. The van der Waals surface area contributed by atoms with Crippen LogP contribution in [-0.4, -0.2) is 42.0 Å². The highest BCUT2D eigenvalue weighted by molar-refractivity contribution is 6.06. The van der Waals surface area contributed by atoms with Gasteiger partial charge in [-0.2, -0.15) is 0 Å². The summed E-state index contributed by atoms with van der Waals surface area (Å²) in [5.74, 6) is 0.0111. The quantitative estimate of drug-likeness (QED) is 0.842. The van der Waals surface area contributed by atoms with Crippen LogP contribution in [0.5, 0.6) is 0 Å². The lowest BCUT2D eigenvalue weighted by Crippen LogP contribution is -2.30. The van der Waals surface area contributed by atoms with E-state index in [-0.39, 0.29) is 5.91 Å². The third kappa shape index (κ3) is 4.57. The van der Waals surface area contributed by atoms with E-state index in [0.717, 1.165) is 47.2 Å². The molecular weight excluding hydrogens is 310 g/mol. The third-order valence-electron chi connectivity index (χ3n) is 5.05. The molecule has 0 unspecified atom stereocenters. The van der Waals surface area contributed by atoms with E-state index in [4.69, 9.17) is 0 Å². The first-order chi connectivity index (χ1) is 12.1. The first-order valence-electron chi connectivity index (χ1n) is 9.52. The van der Waals surface area contributed by atoms with E-state index in [0.29, 0.717) is 0 Å². The Balaban J connectivity index is 1.60. The molecule has 2 heterocycles. The van der Waals surface area contributed by atoms with Gasteiger partial charge in [0.05, 0.1) is 11.1 Å². The summed E-state index contributed by atoms with van der Waals surface area (Å²) in [6, 6.07) is 7.91. The molecule has 0 aliphatic carbocycles. The van der Waals surface area contributed by atoms with Gasteiger partial charge in [0.15, 0.2) is 0 Å². The number of likely N-dealkylation sites (tertiary alicyclic amines) is 1. The molecule has 1 amide bonds. The summed E-state index contributed by atoms with van der Waals surface area (Å²) in [6.45, 7) is 8.21. The van der Waals surface area contributed by atoms with Gasteiger partial charge in [0.2, 0.25) is 0 Å². The van der Waals surface area contributed by atoms with Crippen molar-refractivity contribution in [1.29, 1.82) is 0 Å². The number of carbonyl (C=O) groups excluding carboxylic acids is 1. The van der Waals surface area contributed by atoms with E-state index in [1.54, 1.807) is 0 Å². The number of benzene rings is 1. The van der Waals surface area contributed by atoms with Crippen molar-refractivity contribution in [3.05, 3.63) is 41.1 Å². The van der Waals surface area contributed by atoms with Crippen LogP contribution in [0.15, 0.2) is 24.3 Å². The summed E-state index contributed by atoms with van der Waals surface area (Å²) in [4.78, 5) is 19.8. The molecule has 1 aromatic carbocycles. The van der Waals surface area contributed by atoms with Crippen LogP contribution >= 0.6 is 0 Å². The average Bonchev–Trinajstić information content (AvgIpc) is 2.87. The molecule has 1 saturated heterocycles.